The first-order valence-corrected chi connectivity index (χ1v) is 18.1. The van der Waals surface area contributed by atoms with Crippen LogP contribution in [0.5, 0.6) is 0 Å². The Labute approximate surface area is 187 Å². The molecule has 0 spiro atoms. The van der Waals surface area contributed by atoms with Crippen LogP contribution in [0.1, 0.15) is 19.3 Å². The van der Waals surface area contributed by atoms with Crippen LogP contribution in [-0.4, -0.2) is 102 Å². The molecule has 0 heterocycles. The molecule has 0 saturated carbocycles. The first-order chi connectivity index (χ1) is 14.3. The summed E-state index contributed by atoms with van der Waals surface area (Å²) in [5.41, 5.74) is 0. The van der Waals surface area contributed by atoms with Crippen LogP contribution < -0.4 is 0 Å². The van der Waals surface area contributed by atoms with Crippen molar-refractivity contribution in [3.8, 4) is 0 Å². The maximum atomic E-state index is 13.8. The van der Waals surface area contributed by atoms with Crippen LogP contribution in [0.4, 0.5) is 0 Å². The van der Waals surface area contributed by atoms with E-state index in [1.54, 1.807) is 56.9 Å². The van der Waals surface area contributed by atoms with Gasteiger partial charge in [0.25, 0.3) is 0 Å². The van der Waals surface area contributed by atoms with E-state index in [0.717, 1.165) is 25.3 Å². The fourth-order valence-electron chi connectivity index (χ4n) is 3.49. The van der Waals surface area contributed by atoms with Gasteiger partial charge in [-0.15, -0.1) is 0 Å². The van der Waals surface area contributed by atoms with E-state index in [1.807, 2.05) is 0 Å². The van der Waals surface area contributed by atoms with E-state index in [2.05, 4.69) is 0 Å². The molecular formula is C17H43O9PSi3. The van der Waals surface area contributed by atoms with Crippen LogP contribution in [0.3, 0.4) is 0 Å². The van der Waals surface area contributed by atoms with Crippen LogP contribution in [0, 0.1) is 0 Å². The van der Waals surface area contributed by atoms with Crippen molar-refractivity contribution in [2.24, 2.45) is 0 Å². The van der Waals surface area contributed by atoms with E-state index in [9.17, 15) is 4.57 Å². The maximum absolute atomic E-state index is 13.8. The molecule has 0 amide bonds. The molecule has 0 bridgehead atoms. The van der Waals surface area contributed by atoms with Gasteiger partial charge in [-0.25, -0.2) is 0 Å². The monoisotopic (exact) mass is 506 g/mol. The lowest BCUT2D eigenvalue weighted by molar-refractivity contribution is 0.123. The Morgan fingerprint density at radius 3 is 1.23 bits per heavy atom. The summed E-state index contributed by atoms with van der Waals surface area (Å²) >= 11 is 0. The Morgan fingerprint density at radius 1 is 0.600 bits per heavy atom. The number of hydrogen-bond donors (Lipinski definition) is 0. The molecule has 9 nitrogen and oxygen atoms in total. The molecule has 0 radical (unpaired) electrons. The predicted molar refractivity (Wildman–Crippen MR) is 125 cm³/mol. The van der Waals surface area contributed by atoms with Crippen molar-refractivity contribution in [2.75, 3.05) is 75.4 Å². The van der Waals surface area contributed by atoms with Crippen molar-refractivity contribution in [3.05, 3.63) is 0 Å². The highest BCUT2D eigenvalue weighted by Crippen LogP contribution is 2.49. The minimum absolute atomic E-state index is 0.630. The molecule has 0 aliphatic heterocycles. The summed E-state index contributed by atoms with van der Waals surface area (Å²) in [6.07, 6.45) is 4.23. The quantitative estimate of drug-likeness (QED) is 0.183. The maximum Gasteiger partial charge on any atom is 0.500 e. The van der Waals surface area contributed by atoms with Gasteiger partial charge in [-0.05, 0) is 25.3 Å². The lowest BCUT2D eigenvalue weighted by Crippen LogP contribution is -2.43. The Morgan fingerprint density at radius 2 is 0.933 bits per heavy atom. The summed E-state index contributed by atoms with van der Waals surface area (Å²) < 4.78 is 57.5. The molecule has 0 aromatic rings. The Bertz CT molecular complexity index is 429. The predicted octanol–water partition coefficient (Wildman–Crippen LogP) is 2.79. The van der Waals surface area contributed by atoms with Crippen molar-refractivity contribution in [1.82, 2.24) is 0 Å². The number of hydrogen-bond acceptors (Lipinski definition) is 9. The van der Waals surface area contributed by atoms with Crippen LogP contribution >= 0.6 is 7.14 Å². The molecule has 0 atom stereocenters. The molecule has 0 aromatic heterocycles. The lowest BCUT2D eigenvalue weighted by atomic mass is 10.5. The summed E-state index contributed by atoms with van der Waals surface area (Å²) in [7, 11) is 3.57. The van der Waals surface area contributed by atoms with Gasteiger partial charge in [-0.2, -0.15) is 0 Å². The zero-order chi connectivity index (χ0) is 23.1. The van der Waals surface area contributed by atoms with E-state index < -0.39 is 34.0 Å². The van der Waals surface area contributed by atoms with Crippen molar-refractivity contribution in [2.45, 2.75) is 37.4 Å². The lowest BCUT2D eigenvalue weighted by Gasteiger charge is -2.27. The average Bonchev–Trinajstić information content (AvgIpc) is 2.78. The average molecular weight is 507 g/mol. The zero-order valence-electron chi connectivity index (χ0n) is 20.1. The molecule has 0 aromatic carbocycles. The minimum Gasteiger partial charge on any atom is -0.400 e. The largest absolute Gasteiger partial charge is 0.500 e. The fourth-order valence-corrected chi connectivity index (χ4v) is 12.0. The summed E-state index contributed by atoms with van der Waals surface area (Å²) in [5, 5.41) is 0. The van der Waals surface area contributed by atoms with Crippen LogP contribution in [0.15, 0.2) is 0 Å². The molecular weight excluding hydrogens is 463 g/mol. The van der Waals surface area contributed by atoms with Gasteiger partial charge in [0.1, 0.15) is 0 Å². The molecule has 0 fully saturated rings. The highest BCUT2D eigenvalue weighted by atomic mass is 31.2. The molecule has 0 saturated heterocycles. The van der Waals surface area contributed by atoms with Crippen LogP contribution in [0.25, 0.3) is 0 Å². The summed E-state index contributed by atoms with van der Waals surface area (Å²) in [4.78, 5) is 0. The standard InChI is InChI=1S/C17H43O9PSi3/c1-19-28(20-2)15-9-12-27(18,13-10-16-29(21-3,22-4)23-5)14-11-17-30(24-6,25-7)26-8/h28H,9-17H2,1-8H3. The van der Waals surface area contributed by atoms with Gasteiger partial charge >= 0.3 is 26.9 Å². The van der Waals surface area contributed by atoms with Gasteiger partial charge in [0, 0.05) is 87.5 Å². The number of rotatable bonds is 20. The first kappa shape index (κ1) is 30.6. The smallest absolute Gasteiger partial charge is 0.400 e. The highest BCUT2D eigenvalue weighted by Gasteiger charge is 2.39. The van der Waals surface area contributed by atoms with Crippen molar-refractivity contribution < 1.29 is 40.0 Å². The second-order valence-electron chi connectivity index (χ2n) is 7.07. The van der Waals surface area contributed by atoms with Crippen LogP contribution in [0.2, 0.25) is 18.1 Å². The van der Waals surface area contributed by atoms with E-state index in [-0.39, 0.29) is 0 Å². The molecule has 0 rings (SSSR count). The molecule has 0 N–H and O–H groups in total. The van der Waals surface area contributed by atoms with E-state index in [0.29, 0.717) is 30.6 Å². The van der Waals surface area contributed by atoms with Gasteiger partial charge in [0.2, 0.25) is 0 Å². The Kier molecular flexibility index (Phi) is 16.5. The van der Waals surface area contributed by atoms with E-state index in [1.165, 1.54) is 0 Å². The summed E-state index contributed by atoms with van der Waals surface area (Å²) in [6, 6.07) is 2.12. The zero-order valence-corrected chi connectivity index (χ0v) is 24.1. The third kappa shape index (κ3) is 10.5. The van der Waals surface area contributed by atoms with E-state index in [4.69, 9.17) is 35.4 Å². The summed E-state index contributed by atoms with van der Waals surface area (Å²) in [5.74, 6) is 0. The topological polar surface area (TPSA) is 90.9 Å². The van der Waals surface area contributed by atoms with Gasteiger partial charge < -0.3 is 40.0 Å². The Hall–Kier alpha value is 0.561. The van der Waals surface area contributed by atoms with Crippen molar-refractivity contribution >= 4 is 34.0 Å². The van der Waals surface area contributed by atoms with Crippen LogP contribution in [-0.2, 0) is 40.0 Å². The molecule has 0 unspecified atom stereocenters. The third-order valence-corrected chi connectivity index (χ3v) is 16.5. The third-order valence-electron chi connectivity index (χ3n) is 5.49. The molecule has 0 aliphatic rings. The minimum atomic E-state index is -2.66. The first-order valence-electron chi connectivity index (χ1n) is 10.2. The summed E-state index contributed by atoms with van der Waals surface area (Å²) in [6.45, 7) is 0. The van der Waals surface area contributed by atoms with Gasteiger partial charge in [0.15, 0.2) is 0 Å². The highest BCUT2D eigenvalue weighted by molar-refractivity contribution is 7.63. The SMILES string of the molecule is CO[SiH](CCCP(=O)(CCC[Si](OC)(OC)OC)CCC[Si](OC)(OC)OC)OC. The van der Waals surface area contributed by atoms with E-state index >= 15 is 0 Å². The van der Waals surface area contributed by atoms with Gasteiger partial charge in [0.05, 0.1) is 7.14 Å². The molecule has 13 heteroatoms. The van der Waals surface area contributed by atoms with Crippen molar-refractivity contribution in [3.63, 3.8) is 0 Å². The normalized spacial score (nSPS) is 13.4. The van der Waals surface area contributed by atoms with Crippen molar-refractivity contribution in [1.29, 1.82) is 0 Å². The molecule has 0 aliphatic carbocycles. The van der Waals surface area contributed by atoms with Gasteiger partial charge in [-0.1, -0.05) is 0 Å². The fraction of sp³-hybridized carbons (Fsp3) is 1.00. The molecule has 182 valence electrons. The second kappa shape index (κ2) is 16.2. The Balaban J connectivity index is 5.00. The molecule has 30 heavy (non-hydrogen) atoms. The van der Waals surface area contributed by atoms with Gasteiger partial charge in [-0.3, -0.25) is 0 Å². The second-order valence-corrected chi connectivity index (χ2v) is 19.1.